The number of nitrogens with zero attached hydrogens (tertiary/aromatic N) is 7. The minimum atomic E-state index is -1.05. The van der Waals surface area contributed by atoms with Gasteiger partial charge in [-0.05, 0) is 43.4 Å². The number of piperidine rings is 1. The highest BCUT2D eigenvalue weighted by atomic mass is 16.3. The molecule has 2 fully saturated rings. The van der Waals surface area contributed by atoms with Gasteiger partial charge in [0.05, 0.1) is 30.2 Å². The number of carbonyl (C=O) groups excluding carboxylic acids is 1. The van der Waals surface area contributed by atoms with Crippen LogP contribution in [0.25, 0.3) is 27.8 Å². The fraction of sp³-hybridized carbons (Fsp3) is 0.400. The van der Waals surface area contributed by atoms with Gasteiger partial charge >= 0.3 is 0 Å². The van der Waals surface area contributed by atoms with Crippen molar-refractivity contribution in [3.8, 4) is 16.8 Å². The van der Waals surface area contributed by atoms with E-state index in [1.54, 1.807) is 15.6 Å². The van der Waals surface area contributed by atoms with Crippen LogP contribution in [0.15, 0.2) is 54.0 Å². The lowest BCUT2D eigenvalue weighted by atomic mass is 9.91. The van der Waals surface area contributed by atoms with E-state index in [4.69, 9.17) is 0 Å². The average Bonchev–Trinajstić information content (AvgIpc) is 3.47. The molecule has 1 aromatic carbocycles. The monoisotopic (exact) mass is 473 g/mol. The standard InChI is InChI=1S/C25H27N7O3/c1-29-14-19(12-27-29)18-3-2-4-20(11-18)32-22-21(13-28-32)24(34)31(16-26-22)15-25(35)7-9-30(10-8-25)23(33)17-5-6-17/h2-4,11-14,16-17,35H,5-10,15H2,1H3. The van der Waals surface area contributed by atoms with Gasteiger partial charge in [-0.25, -0.2) is 9.67 Å². The van der Waals surface area contributed by atoms with Gasteiger partial charge in [-0.2, -0.15) is 10.2 Å². The molecule has 0 atom stereocenters. The van der Waals surface area contributed by atoms with Crippen LogP contribution in [0, 0.1) is 5.92 Å². The fourth-order valence-corrected chi connectivity index (χ4v) is 4.84. The van der Waals surface area contributed by atoms with E-state index < -0.39 is 5.60 Å². The lowest BCUT2D eigenvalue weighted by Gasteiger charge is -2.38. The minimum absolute atomic E-state index is 0.141. The quantitative estimate of drug-likeness (QED) is 0.473. The van der Waals surface area contributed by atoms with E-state index in [2.05, 4.69) is 15.2 Å². The summed E-state index contributed by atoms with van der Waals surface area (Å²) in [6.07, 6.45) is 9.58. The number of fused-ring (bicyclic) bond motifs is 1. The van der Waals surface area contributed by atoms with E-state index in [-0.39, 0.29) is 23.9 Å². The van der Waals surface area contributed by atoms with Crippen LogP contribution >= 0.6 is 0 Å². The summed E-state index contributed by atoms with van der Waals surface area (Å²) >= 11 is 0. The molecule has 0 unspecified atom stereocenters. The molecule has 6 rings (SSSR count). The third-order valence-electron chi connectivity index (χ3n) is 7.08. The third-order valence-corrected chi connectivity index (χ3v) is 7.08. The van der Waals surface area contributed by atoms with E-state index >= 15 is 0 Å². The van der Waals surface area contributed by atoms with Gasteiger partial charge in [0.1, 0.15) is 11.7 Å². The Bertz CT molecular complexity index is 1470. The summed E-state index contributed by atoms with van der Waals surface area (Å²) in [5, 5.41) is 20.2. The SMILES string of the molecule is Cn1cc(-c2cccc(-n3ncc4c(=O)n(CC5(O)CCN(C(=O)C6CC6)CC5)cnc43)c2)cn1. The molecular formula is C25H27N7O3. The molecule has 1 aliphatic carbocycles. The molecule has 180 valence electrons. The van der Waals surface area contributed by atoms with Gasteiger partial charge in [0.25, 0.3) is 5.56 Å². The molecule has 0 bridgehead atoms. The summed E-state index contributed by atoms with van der Waals surface area (Å²) in [5.41, 5.74) is 1.94. The maximum Gasteiger partial charge on any atom is 0.264 e. The summed E-state index contributed by atoms with van der Waals surface area (Å²) in [6, 6.07) is 7.83. The molecule has 35 heavy (non-hydrogen) atoms. The van der Waals surface area contributed by atoms with Crippen molar-refractivity contribution in [2.45, 2.75) is 37.8 Å². The smallest absolute Gasteiger partial charge is 0.264 e. The van der Waals surface area contributed by atoms with Gasteiger partial charge in [-0.3, -0.25) is 18.8 Å². The number of carbonyl (C=O) groups is 1. The van der Waals surface area contributed by atoms with E-state index in [1.807, 2.05) is 42.4 Å². The summed E-state index contributed by atoms with van der Waals surface area (Å²) in [4.78, 5) is 31.9. The van der Waals surface area contributed by atoms with Crippen LogP contribution in [0.5, 0.6) is 0 Å². The highest BCUT2D eigenvalue weighted by Gasteiger charge is 2.39. The van der Waals surface area contributed by atoms with Gasteiger partial charge in [-0.15, -0.1) is 0 Å². The number of likely N-dealkylation sites (tertiary alicyclic amines) is 1. The molecule has 4 heterocycles. The first-order chi connectivity index (χ1) is 16.9. The predicted molar refractivity (Wildman–Crippen MR) is 129 cm³/mol. The van der Waals surface area contributed by atoms with E-state index in [1.165, 1.54) is 17.1 Å². The fourth-order valence-electron chi connectivity index (χ4n) is 4.84. The Morgan fingerprint density at radius 2 is 1.94 bits per heavy atom. The zero-order valence-electron chi connectivity index (χ0n) is 19.5. The van der Waals surface area contributed by atoms with Crippen molar-refractivity contribution in [3.05, 3.63) is 59.5 Å². The molecule has 10 nitrogen and oxygen atoms in total. The number of rotatable bonds is 5. The first kappa shape index (κ1) is 21.7. The zero-order valence-corrected chi connectivity index (χ0v) is 19.5. The number of benzene rings is 1. The first-order valence-corrected chi connectivity index (χ1v) is 11.9. The molecule has 3 aromatic heterocycles. The Morgan fingerprint density at radius 1 is 1.14 bits per heavy atom. The molecule has 0 spiro atoms. The molecule has 1 aliphatic heterocycles. The van der Waals surface area contributed by atoms with Crippen molar-refractivity contribution >= 4 is 16.9 Å². The molecule has 4 aromatic rings. The first-order valence-electron chi connectivity index (χ1n) is 11.9. The van der Waals surface area contributed by atoms with E-state index in [0.717, 1.165) is 29.7 Å². The average molecular weight is 474 g/mol. The van der Waals surface area contributed by atoms with Gasteiger partial charge in [0.15, 0.2) is 5.65 Å². The van der Waals surface area contributed by atoms with Crippen molar-refractivity contribution in [1.29, 1.82) is 0 Å². The van der Waals surface area contributed by atoms with Crippen LogP contribution < -0.4 is 5.56 Å². The number of hydrogen-bond acceptors (Lipinski definition) is 6. The second-order valence-corrected chi connectivity index (χ2v) is 9.75. The third kappa shape index (κ3) is 4.03. The van der Waals surface area contributed by atoms with Crippen molar-refractivity contribution < 1.29 is 9.90 Å². The number of hydrogen-bond donors (Lipinski definition) is 1. The van der Waals surface area contributed by atoms with Crippen molar-refractivity contribution in [3.63, 3.8) is 0 Å². The lowest BCUT2D eigenvalue weighted by Crippen LogP contribution is -2.50. The maximum absolute atomic E-state index is 13.2. The highest BCUT2D eigenvalue weighted by molar-refractivity contribution is 5.81. The molecule has 1 N–H and O–H groups in total. The molecule has 0 radical (unpaired) electrons. The largest absolute Gasteiger partial charge is 0.388 e. The van der Waals surface area contributed by atoms with Crippen LogP contribution in [-0.2, 0) is 18.4 Å². The Labute approximate surface area is 201 Å². The lowest BCUT2D eigenvalue weighted by molar-refractivity contribution is -0.137. The number of aryl methyl sites for hydroxylation is 1. The normalized spacial score (nSPS) is 17.7. The molecule has 1 saturated heterocycles. The van der Waals surface area contributed by atoms with Crippen LogP contribution in [0.1, 0.15) is 25.7 Å². The molecule has 10 heteroatoms. The van der Waals surface area contributed by atoms with Crippen molar-refractivity contribution in [1.82, 2.24) is 34.0 Å². The molecular weight excluding hydrogens is 446 g/mol. The molecule has 1 saturated carbocycles. The summed E-state index contributed by atoms with van der Waals surface area (Å²) in [7, 11) is 1.87. The maximum atomic E-state index is 13.2. The van der Waals surface area contributed by atoms with E-state index in [9.17, 15) is 14.7 Å². The number of amides is 1. The zero-order chi connectivity index (χ0) is 24.2. The minimum Gasteiger partial charge on any atom is -0.388 e. The van der Waals surface area contributed by atoms with Gasteiger partial charge in [0.2, 0.25) is 5.91 Å². The van der Waals surface area contributed by atoms with Gasteiger partial charge in [-0.1, -0.05) is 12.1 Å². The highest BCUT2D eigenvalue weighted by Crippen LogP contribution is 2.33. The number of aliphatic hydroxyl groups is 1. The Kier molecular flexibility index (Phi) is 5.06. The number of aromatic nitrogens is 6. The predicted octanol–water partition coefficient (Wildman–Crippen LogP) is 1.75. The topological polar surface area (TPSA) is 111 Å². The Morgan fingerprint density at radius 3 is 2.66 bits per heavy atom. The summed E-state index contributed by atoms with van der Waals surface area (Å²) in [5.74, 6) is 0.379. The summed E-state index contributed by atoms with van der Waals surface area (Å²) < 4.78 is 4.86. The van der Waals surface area contributed by atoms with Crippen molar-refractivity contribution in [2.24, 2.45) is 13.0 Å². The van der Waals surface area contributed by atoms with Crippen LogP contribution in [0.2, 0.25) is 0 Å². The van der Waals surface area contributed by atoms with Crippen LogP contribution in [0.4, 0.5) is 0 Å². The summed E-state index contributed by atoms with van der Waals surface area (Å²) in [6.45, 7) is 1.17. The van der Waals surface area contributed by atoms with Crippen LogP contribution in [-0.4, -0.2) is 63.7 Å². The molecule has 1 amide bonds. The molecule has 2 aliphatic rings. The Balaban J connectivity index is 1.24. The van der Waals surface area contributed by atoms with Gasteiger partial charge < -0.3 is 10.0 Å². The second-order valence-electron chi connectivity index (χ2n) is 9.75. The van der Waals surface area contributed by atoms with Crippen LogP contribution in [0.3, 0.4) is 0 Å². The van der Waals surface area contributed by atoms with E-state index in [0.29, 0.717) is 37.0 Å². The van der Waals surface area contributed by atoms with Gasteiger partial charge in [0, 0.05) is 37.8 Å². The second kappa shape index (κ2) is 8.16. The van der Waals surface area contributed by atoms with Crippen molar-refractivity contribution in [2.75, 3.05) is 13.1 Å². The Hall–Kier alpha value is -3.79.